The fourth-order valence-electron chi connectivity index (χ4n) is 3.07. The number of thiazole rings is 1. The molecule has 1 aromatic heterocycles. The first-order valence-electron chi connectivity index (χ1n) is 9.82. The van der Waals surface area contributed by atoms with Crippen LogP contribution in [-0.4, -0.2) is 50.1 Å². The van der Waals surface area contributed by atoms with Gasteiger partial charge in [-0.1, -0.05) is 0 Å². The highest BCUT2D eigenvalue weighted by Crippen LogP contribution is 2.31. The summed E-state index contributed by atoms with van der Waals surface area (Å²) in [5.74, 6) is -0.520. The molecule has 2 aromatic rings. The van der Waals surface area contributed by atoms with Crippen molar-refractivity contribution in [2.24, 2.45) is 0 Å². The molecule has 1 aromatic carbocycles. The maximum absolute atomic E-state index is 14.1. The first-order valence-corrected chi connectivity index (χ1v) is 12.6. The van der Waals surface area contributed by atoms with Crippen LogP contribution in [0.15, 0.2) is 28.5 Å². The predicted octanol–water partition coefficient (Wildman–Crippen LogP) is 3.92. The average Bonchev–Trinajstić information content (AvgIpc) is 3.15. The predicted molar refractivity (Wildman–Crippen MR) is 112 cm³/mol. The van der Waals surface area contributed by atoms with Gasteiger partial charge in [-0.3, -0.25) is 0 Å². The van der Waals surface area contributed by atoms with Crippen LogP contribution in [0.3, 0.4) is 0 Å². The molecule has 0 aliphatic carbocycles. The molecule has 1 aliphatic rings. The third-order valence-corrected chi connectivity index (χ3v) is 6.78. The molecule has 31 heavy (non-hydrogen) atoms. The van der Waals surface area contributed by atoms with Crippen molar-refractivity contribution >= 4 is 27.3 Å². The molecule has 0 unspecified atom stereocenters. The Balaban J connectivity index is 1.51. The molecule has 0 saturated carbocycles. The summed E-state index contributed by atoms with van der Waals surface area (Å²) in [6, 6.07) is 3.57. The van der Waals surface area contributed by atoms with Crippen molar-refractivity contribution in [3.63, 3.8) is 0 Å². The van der Waals surface area contributed by atoms with Crippen molar-refractivity contribution in [1.82, 2.24) is 10.0 Å². The van der Waals surface area contributed by atoms with E-state index in [0.29, 0.717) is 18.8 Å². The van der Waals surface area contributed by atoms with E-state index < -0.39 is 21.8 Å². The van der Waals surface area contributed by atoms with Gasteiger partial charge in [-0.25, -0.2) is 22.6 Å². The summed E-state index contributed by atoms with van der Waals surface area (Å²) in [5, 5.41) is 4.42. The molecule has 0 amide bonds. The number of hydrogen-bond donors (Lipinski definition) is 0. The standard InChI is InChI=1S/C20H25FN2O6S2/c1-13(2)28-20(24)29-23-8-6-14(7-9-23)19-22-15(12-30-19)11-27-18-5-4-16(10-17(18)21)31(3,25)26/h4-5,10,12-14H,6-9,11H2,1-3H3. The minimum absolute atomic E-state index is 0.0271. The quantitative estimate of drug-likeness (QED) is 0.560. The van der Waals surface area contributed by atoms with Crippen molar-refractivity contribution in [2.45, 2.75) is 50.2 Å². The van der Waals surface area contributed by atoms with Gasteiger partial charge in [0.15, 0.2) is 21.4 Å². The van der Waals surface area contributed by atoms with E-state index in [-0.39, 0.29) is 29.3 Å². The van der Waals surface area contributed by atoms with Crippen LogP contribution in [0.4, 0.5) is 9.18 Å². The average molecular weight is 473 g/mol. The van der Waals surface area contributed by atoms with Crippen LogP contribution < -0.4 is 4.74 Å². The third-order valence-electron chi connectivity index (χ3n) is 4.62. The molecule has 2 heterocycles. The number of carbonyl (C=O) groups excluding carboxylic acids is 1. The number of rotatable bonds is 7. The number of aromatic nitrogens is 1. The first kappa shape index (κ1) is 23.4. The van der Waals surface area contributed by atoms with E-state index in [0.717, 1.165) is 30.2 Å². The lowest BCUT2D eigenvalue weighted by Crippen LogP contribution is -2.35. The van der Waals surface area contributed by atoms with Gasteiger partial charge < -0.3 is 14.3 Å². The Morgan fingerprint density at radius 3 is 2.65 bits per heavy atom. The molecule has 11 heteroatoms. The molecule has 0 spiro atoms. The first-order chi connectivity index (χ1) is 14.6. The van der Waals surface area contributed by atoms with Gasteiger partial charge in [0.25, 0.3) is 0 Å². The van der Waals surface area contributed by atoms with Gasteiger partial charge in [-0.2, -0.15) is 0 Å². The normalized spacial score (nSPS) is 15.8. The van der Waals surface area contributed by atoms with Crippen molar-refractivity contribution in [3.05, 3.63) is 40.1 Å². The molecule has 0 bridgehead atoms. The van der Waals surface area contributed by atoms with Crippen molar-refractivity contribution in [3.8, 4) is 5.75 Å². The Bertz CT molecular complexity index is 1020. The van der Waals surface area contributed by atoms with Crippen LogP contribution in [-0.2, 0) is 26.0 Å². The number of hydrogen-bond acceptors (Lipinski definition) is 9. The number of sulfone groups is 1. The van der Waals surface area contributed by atoms with Crippen LogP contribution in [0.25, 0.3) is 0 Å². The van der Waals surface area contributed by atoms with Crippen LogP contribution in [0.5, 0.6) is 5.75 Å². The Morgan fingerprint density at radius 1 is 1.32 bits per heavy atom. The lowest BCUT2D eigenvalue weighted by molar-refractivity contribution is -0.143. The smallest absolute Gasteiger partial charge is 0.484 e. The highest BCUT2D eigenvalue weighted by molar-refractivity contribution is 7.90. The molecular formula is C20H25FN2O6S2. The molecule has 8 nitrogen and oxygen atoms in total. The summed E-state index contributed by atoms with van der Waals surface area (Å²) in [4.78, 5) is 21.3. The van der Waals surface area contributed by atoms with E-state index >= 15 is 0 Å². The molecular weight excluding hydrogens is 447 g/mol. The lowest BCUT2D eigenvalue weighted by atomic mass is 9.99. The molecule has 0 atom stereocenters. The molecule has 1 aliphatic heterocycles. The second-order valence-corrected chi connectivity index (χ2v) is 10.4. The van der Waals surface area contributed by atoms with E-state index in [1.54, 1.807) is 18.9 Å². The summed E-state index contributed by atoms with van der Waals surface area (Å²) in [7, 11) is -3.48. The number of nitrogens with zero attached hydrogens (tertiary/aromatic N) is 2. The van der Waals surface area contributed by atoms with E-state index in [4.69, 9.17) is 14.3 Å². The highest BCUT2D eigenvalue weighted by Gasteiger charge is 2.26. The van der Waals surface area contributed by atoms with Crippen molar-refractivity contribution in [1.29, 1.82) is 0 Å². The van der Waals surface area contributed by atoms with Gasteiger partial charge in [-0.05, 0) is 44.9 Å². The maximum atomic E-state index is 14.1. The SMILES string of the molecule is CC(C)OC(=O)ON1CCC(c2nc(COc3ccc(S(C)(=O)=O)cc3F)cs2)CC1. The minimum Gasteiger partial charge on any atom is -0.484 e. The van der Waals surface area contributed by atoms with E-state index in [9.17, 15) is 17.6 Å². The van der Waals surface area contributed by atoms with Crippen LogP contribution >= 0.6 is 11.3 Å². The zero-order valence-electron chi connectivity index (χ0n) is 17.5. The number of carbonyl (C=O) groups is 1. The summed E-state index contributed by atoms with van der Waals surface area (Å²) < 4.78 is 47.6. The summed E-state index contributed by atoms with van der Waals surface area (Å²) in [6.07, 6.45) is 1.66. The Kier molecular flexibility index (Phi) is 7.50. The lowest BCUT2D eigenvalue weighted by Gasteiger charge is -2.29. The van der Waals surface area contributed by atoms with Gasteiger partial charge >= 0.3 is 6.16 Å². The van der Waals surface area contributed by atoms with E-state index in [1.807, 2.05) is 5.38 Å². The summed E-state index contributed by atoms with van der Waals surface area (Å²) >= 11 is 1.51. The fraction of sp³-hybridized carbons (Fsp3) is 0.500. The number of halogens is 1. The highest BCUT2D eigenvalue weighted by atomic mass is 32.2. The number of hydroxylamine groups is 2. The number of ether oxygens (including phenoxy) is 2. The van der Waals surface area contributed by atoms with Gasteiger partial charge in [-0.15, -0.1) is 16.4 Å². The minimum atomic E-state index is -3.48. The number of piperidine rings is 1. The fourth-order valence-corrected chi connectivity index (χ4v) is 4.68. The monoisotopic (exact) mass is 472 g/mol. The largest absolute Gasteiger partial charge is 0.528 e. The zero-order chi connectivity index (χ0) is 22.6. The second-order valence-electron chi connectivity index (χ2n) is 7.54. The van der Waals surface area contributed by atoms with Crippen molar-refractivity contribution in [2.75, 3.05) is 19.3 Å². The summed E-state index contributed by atoms with van der Waals surface area (Å²) in [6.45, 7) is 4.77. The third kappa shape index (κ3) is 6.62. The molecule has 1 fully saturated rings. The zero-order valence-corrected chi connectivity index (χ0v) is 19.2. The van der Waals surface area contributed by atoms with Gasteiger partial charge in [0.05, 0.1) is 21.7 Å². The van der Waals surface area contributed by atoms with E-state index in [2.05, 4.69) is 4.98 Å². The summed E-state index contributed by atoms with van der Waals surface area (Å²) in [5.41, 5.74) is 0.672. The molecule has 1 saturated heterocycles. The van der Waals surface area contributed by atoms with Crippen LogP contribution in [0.2, 0.25) is 0 Å². The van der Waals surface area contributed by atoms with Gasteiger partial charge in [0.1, 0.15) is 6.61 Å². The van der Waals surface area contributed by atoms with Gasteiger partial charge in [0, 0.05) is 30.6 Å². The maximum Gasteiger partial charge on any atom is 0.528 e. The van der Waals surface area contributed by atoms with E-state index in [1.165, 1.54) is 23.5 Å². The topological polar surface area (TPSA) is 95.0 Å². The molecule has 170 valence electrons. The van der Waals surface area contributed by atoms with Crippen molar-refractivity contribution < 1.29 is 31.9 Å². The Morgan fingerprint density at radius 2 is 2.03 bits per heavy atom. The molecule has 0 N–H and O–H groups in total. The van der Waals surface area contributed by atoms with Gasteiger partial charge in [0.2, 0.25) is 0 Å². The van der Waals surface area contributed by atoms with Crippen LogP contribution in [0, 0.1) is 5.82 Å². The Labute approximate surface area is 184 Å². The second kappa shape index (κ2) is 9.92. The molecule has 3 rings (SSSR count). The molecule has 0 radical (unpaired) electrons. The van der Waals surface area contributed by atoms with Crippen LogP contribution in [0.1, 0.15) is 43.3 Å². The Hall–Kier alpha value is -2.24. The number of benzene rings is 1.